The third kappa shape index (κ3) is 3.51. The molecule has 0 aliphatic carbocycles. The summed E-state index contributed by atoms with van der Waals surface area (Å²) in [5.74, 6) is -0.159. The molecule has 0 amide bonds. The normalized spacial score (nSPS) is 25.4. The lowest BCUT2D eigenvalue weighted by atomic mass is 10.1. The van der Waals surface area contributed by atoms with E-state index < -0.39 is 0 Å². The summed E-state index contributed by atoms with van der Waals surface area (Å²) in [4.78, 5) is 2.38. The molecule has 2 atom stereocenters. The van der Waals surface area contributed by atoms with Gasteiger partial charge in [-0.3, -0.25) is 0 Å². The van der Waals surface area contributed by atoms with Crippen molar-refractivity contribution in [3.05, 3.63) is 35.6 Å². The number of hydrogen-bond donors (Lipinski definition) is 1. The van der Waals surface area contributed by atoms with Crippen LogP contribution >= 0.6 is 0 Å². The van der Waals surface area contributed by atoms with Gasteiger partial charge >= 0.3 is 0 Å². The van der Waals surface area contributed by atoms with E-state index in [0.717, 1.165) is 19.5 Å². The Bertz CT molecular complexity index is 340. The largest absolute Gasteiger partial charge is 0.312 e. The Morgan fingerprint density at radius 2 is 2.06 bits per heavy atom. The van der Waals surface area contributed by atoms with Crippen LogP contribution < -0.4 is 5.32 Å². The molecule has 1 aromatic carbocycles. The number of likely N-dealkylation sites (N-methyl/N-ethyl adjacent to an activating group) is 1. The monoisotopic (exact) mass is 236 g/mol. The average molecular weight is 236 g/mol. The minimum Gasteiger partial charge on any atom is -0.312 e. The maximum atomic E-state index is 12.7. The van der Waals surface area contributed by atoms with Crippen LogP contribution in [0.1, 0.15) is 18.9 Å². The second kappa shape index (κ2) is 5.61. The van der Waals surface area contributed by atoms with Crippen molar-refractivity contribution in [3.8, 4) is 0 Å². The fraction of sp³-hybridized carbons (Fsp3) is 0.571. The zero-order valence-electron chi connectivity index (χ0n) is 10.6. The summed E-state index contributed by atoms with van der Waals surface area (Å²) in [7, 11) is 2.17. The Balaban J connectivity index is 1.71. The van der Waals surface area contributed by atoms with Gasteiger partial charge in [0.25, 0.3) is 0 Å². The van der Waals surface area contributed by atoms with Gasteiger partial charge in [-0.1, -0.05) is 12.1 Å². The first-order chi connectivity index (χ1) is 8.15. The van der Waals surface area contributed by atoms with Gasteiger partial charge < -0.3 is 10.2 Å². The van der Waals surface area contributed by atoms with Crippen molar-refractivity contribution in [1.82, 2.24) is 10.2 Å². The number of hydrogen-bond acceptors (Lipinski definition) is 2. The smallest absolute Gasteiger partial charge is 0.123 e. The molecule has 2 nitrogen and oxygen atoms in total. The SMILES string of the molecule is CC1CC(NCCc2ccc(F)cc2)CN1C. The highest BCUT2D eigenvalue weighted by Gasteiger charge is 2.25. The molecule has 0 bridgehead atoms. The number of likely N-dealkylation sites (tertiary alicyclic amines) is 1. The number of halogens is 1. The molecule has 1 N–H and O–H groups in total. The van der Waals surface area contributed by atoms with Crippen molar-refractivity contribution >= 4 is 0 Å². The second-order valence-corrected chi connectivity index (χ2v) is 5.05. The molecule has 0 saturated carbocycles. The molecule has 1 heterocycles. The van der Waals surface area contributed by atoms with Gasteiger partial charge in [-0.25, -0.2) is 4.39 Å². The summed E-state index contributed by atoms with van der Waals surface area (Å²) in [6, 6.07) is 8.07. The molecule has 17 heavy (non-hydrogen) atoms. The van der Waals surface area contributed by atoms with Crippen LogP contribution in [0, 0.1) is 5.82 Å². The molecule has 2 unspecified atom stereocenters. The second-order valence-electron chi connectivity index (χ2n) is 5.05. The molecule has 0 radical (unpaired) electrons. The zero-order chi connectivity index (χ0) is 12.3. The molecular formula is C14H21FN2. The van der Waals surface area contributed by atoms with Crippen LogP contribution in [0.3, 0.4) is 0 Å². The van der Waals surface area contributed by atoms with Crippen molar-refractivity contribution in [3.63, 3.8) is 0 Å². The van der Waals surface area contributed by atoms with Crippen LogP contribution in [0.2, 0.25) is 0 Å². The van der Waals surface area contributed by atoms with Crippen molar-refractivity contribution in [2.45, 2.75) is 31.8 Å². The predicted molar refractivity (Wildman–Crippen MR) is 68.6 cm³/mol. The van der Waals surface area contributed by atoms with E-state index in [-0.39, 0.29) is 5.82 Å². The molecule has 0 spiro atoms. The molecule has 1 aliphatic heterocycles. The molecule has 1 saturated heterocycles. The van der Waals surface area contributed by atoms with Gasteiger partial charge in [0.15, 0.2) is 0 Å². The van der Waals surface area contributed by atoms with Gasteiger partial charge in [-0.2, -0.15) is 0 Å². The molecule has 1 fully saturated rings. The lowest BCUT2D eigenvalue weighted by Crippen LogP contribution is -2.32. The Morgan fingerprint density at radius 3 is 2.65 bits per heavy atom. The van der Waals surface area contributed by atoms with Crippen LogP contribution in [-0.4, -0.2) is 37.1 Å². The minimum absolute atomic E-state index is 0.159. The lowest BCUT2D eigenvalue weighted by Gasteiger charge is -2.13. The van der Waals surface area contributed by atoms with Crippen LogP contribution in [-0.2, 0) is 6.42 Å². The van der Waals surface area contributed by atoms with Gasteiger partial charge in [-0.15, -0.1) is 0 Å². The zero-order valence-corrected chi connectivity index (χ0v) is 10.6. The molecular weight excluding hydrogens is 215 g/mol. The van der Waals surface area contributed by atoms with Crippen LogP contribution in [0.15, 0.2) is 24.3 Å². The number of nitrogens with zero attached hydrogens (tertiary/aromatic N) is 1. The maximum Gasteiger partial charge on any atom is 0.123 e. The quantitative estimate of drug-likeness (QED) is 0.860. The Labute approximate surface area is 103 Å². The summed E-state index contributed by atoms with van der Waals surface area (Å²) in [5.41, 5.74) is 1.19. The first kappa shape index (κ1) is 12.5. The highest BCUT2D eigenvalue weighted by molar-refractivity contribution is 5.16. The lowest BCUT2D eigenvalue weighted by molar-refractivity contribution is 0.327. The standard InChI is InChI=1S/C14H21FN2/c1-11-9-14(10-17(11)2)16-8-7-12-3-5-13(15)6-4-12/h3-6,11,14,16H,7-10H2,1-2H3. The van der Waals surface area contributed by atoms with E-state index in [1.54, 1.807) is 0 Å². The average Bonchev–Trinajstić information content (AvgIpc) is 2.61. The first-order valence-corrected chi connectivity index (χ1v) is 6.33. The van der Waals surface area contributed by atoms with Crippen molar-refractivity contribution in [2.24, 2.45) is 0 Å². The minimum atomic E-state index is -0.159. The fourth-order valence-corrected chi connectivity index (χ4v) is 2.41. The number of nitrogens with one attached hydrogen (secondary N) is 1. The third-order valence-corrected chi connectivity index (χ3v) is 3.65. The molecule has 1 aromatic rings. The van der Waals surface area contributed by atoms with E-state index in [1.807, 2.05) is 12.1 Å². The van der Waals surface area contributed by atoms with Gasteiger partial charge in [0.2, 0.25) is 0 Å². The summed E-state index contributed by atoms with van der Waals surface area (Å²) in [6.07, 6.45) is 2.19. The fourth-order valence-electron chi connectivity index (χ4n) is 2.41. The van der Waals surface area contributed by atoms with Crippen LogP contribution in [0.5, 0.6) is 0 Å². The summed E-state index contributed by atoms with van der Waals surface area (Å²) < 4.78 is 12.7. The number of rotatable bonds is 4. The van der Waals surface area contributed by atoms with E-state index in [4.69, 9.17) is 0 Å². The molecule has 0 aromatic heterocycles. The number of benzene rings is 1. The van der Waals surface area contributed by atoms with E-state index in [9.17, 15) is 4.39 Å². The third-order valence-electron chi connectivity index (χ3n) is 3.65. The van der Waals surface area contributed by atoms with Crippen LogP contribution in [0.4, 0.5) is 4.39 Å². The van der Waals surface area contributed by atoms with E-state index >= 15 is 0 Å². The molecule has 2 rings (SSSR count). The van der Waals surface area contributed by atoms with Gasteiger partial charge in [0.1, 0.15) is 5.82 Å². The summed E-state index contributed by atoms with van der Waals surface area (Å²) >= 11 is 0. The molecule has 94 valence electrons. The van der Waals surface area contributed by atoms with Gasteiger partial charge in [0.05, 0.1) is 0 Å². The summed E-state index contributed by atoms with van der Waals surface area (Å²) in [6.45, 7) is 4.36. The summed E-state index contributed by atoms with van der Waals surface area (Å²) in [5, 5.41) is 3.57. The molecule has 1 aliphatic rings. The van der Waals surface area contributed by atoms with Gasteiger partial charge in [0, 0.05) is 18.6 Å². The molecule has 3 heteroatoms. The Hall–Kier alpha value is -0.930. The van der Waals surface area contributed by atoms with Crippen LogP contribution in [0.25, 0.3) is 0 Å². The van der Waals surface area contributed by atoms with E-state index in [0.29, 0.717) is 12.1 Å². The first-order valence-electron chi connectivity index (χ1n) is 6.33. The highest BCUT2D eigenvalue weighted by atomic mass is 19.1. The highest BCUT2D eigenvalue weighted by Crippen LogP contribution is 2.14. The topological polar surface area (TPSA) is 15.3 Å². The van der Waals surface area contributed by atoms with Crippen molar-refractivity contribution in [1.29, 1.82) is 0 Å². The Kier molecular flexibility index (Phi) is 4.13. The maximum absolute atomic E-state index is 12.7. The Morgan fingerprint density at radius 1 is 1.35 bits per heavy atom. The van der Waals surface area contributed by atoms with Crippen molar-refractivity contribution in [2.75, 3.05) is 20.1 Å². The van der Waals surface area contributed by atoms with E-state index in [1.165, 1.54) is 24.1 Å². The van der Waals surface area contributed by atoms with Crippen molar-refractivity contribution < 1.29 is 4.39 Å². The predicted octanol–water partition coefficient (Wildman–Crippen LogP) is 2.05. The van der Waals surface area contributed by atoms with Gasteiger partial charge in [-0.05, 0) is 51.1 Å². The van der Waals surface area contributed by atoms with E-state index in [2.05, 4.69) is 24.2 Å².